The van der Waals surface area contributed by atoms with Gasteiger partial charge in [0, 0.05) is 27.3 Å². The first-order valence-electron chi connectivity index (χ1n) is 21.4. The zero-order chi connectivity index (χ0) is 46.0. The second kappa shape index (κ2) is 28.1. The van der Waals surface area contributed by atoms with Gasteiger partial charge < -0.3 is 30.1 Å². The number of nitrogens with zero attached hydrogens (tertiary/aromatic N) is 4. The zero-order valence-corrected chi connectivity index (χ0v) is 51.0. The van der Waals surface area contributed by atoms with E-state index >= 15 is 0 Å². The van der Waals surface area contributed by atoms with E-state index in [9.17, 15) is 10.8 Å². The van der Waals surface area contributed by atoms with E-state index in [1.54, 1.807) is 0 Å². The van der Waals surface area contributed by atoms with Crippen LogP contribution < -0.4 is 9.32 Å². The molecular formula is C48H80Mg2N6Si6+2. The molecule has 0 bridgehead atoms. The topological polar surface area (TPSA) is 101 Å². The summed E-state index contributed by atoms with van der Waals surface area (Å²) in [5.41, 5.74) is 5.42. The summed E-state index contributed by atoms with van der Waals surface area (Å²) in [5, 5.41) is 19.6. The first-order valence-corrected chi connectivity index (χ1v) is 42.7. The summed E-state index contributed by atoms with van der Waals surface area (Å²) in [7, 11) is -8.01. The molecule has 0 unspecified atom stereocenters. The minimum absolute atomic E-state index is 0. The first kappa shape index (κ1) is 62.1. The van der Waals surface area contributed by atoms with Crippen LogP contribution in [0.4, 0.5) is 0 Å². The molecule has 62 heavy (non-hydrogen) atoms. The maximum Gasteiger partial charge on any atom is 2.00 e. The average molecular weight is 958 g/mol. The van der Waals surface area contributed by atoms with Crippen molar-refractivity contribution in [3.05, 3.63) is 164 Å². The summed E-state index contributed by atoms with van der Waals surface area (Å²) in [6.07, 6.45) is 0. The fraction of sp³-hybridized carbons (Fsp3) is 0.417. The van der Waals surface area contributed by atoms with Crippen molar-refractivity contribution in [2.24, 2.45) is 0 Å². The van der Waals surface area contributed by atoms with E-state index in [-0.39, 0.29) is 46.1 Å². The summed E-state index contributed by atoms with van der Waals surface area (Å²) in [4.78, 5) is 9.89. The number of amidine groups is 2. The number of rotatable bonds is 12. The molecule has 0 fully saturated rings. The molecule has 0 aromatic heterocycles. The van der Waals surface area contributed by atoms with Crippen molar-refractivity contribution in [1.82, 2.24) is 0 Å². The van der Waals surface area contributed by atoms with Crippen LogP contribution in [0, 0.1) is 0 Å². The minimum Gasteiger partial charge on any atom is -0.807 e. The number of benzene rings is 4. The molecular weight excluding hydrogens is 878 g/mol. The molecule has 328 valence electrons. The summed E-state index contributed by atoms with van der Waals surface area (Å²) in [6, 6.07) is 42.2. The molecule has 4 aromatic carbocycles. The molecule has 2 N–H and O–H groups in total. The average Bonchev–Trinajstić information content (AvgIpc) is 3.10. The predicted molar refractivity (Wildman–Crippen MR) is 299 cm³/mol. The van der Waals surface area contributed by atoms with Gasteiger partial charge in [0.1, 0.15) is 28.1 Å². The van der Waals surface area contributed by atoms with Crippen molar-refractivity contribution < 1.29 is 9.32 Å². The van der Waals surface area contributed by atoms with Crippen molar-refractivity contribution in [2.75, 3.05) is 0 Å². The van der Waals surface area contributed by atoms with Gasteiger partial charge in [-0.2, -0.15) is 11.4 Å². The van der Waals surface area contributed by atoms with Crippen LogP contribution in [0.15, 0.2) is 121 Å². The van der Waals surface area contributed by atoms with Crippen LogP contribution in [-0.2, 0) is 0 Å². The molecule has 0 aliphatic carbocycles. The Bertz CT molecular complexity index is 1780. The zero-order valence-electron chi connectivity index (χ0n) is 42.2. The molecule has 0 spiro atoms. The van der Waals surface area contributed by atoms with Crippen LogP contribution in [0.2, 0.25) is 130 Å². The second-order valence-corrected chi connectivity index (χ2v) is 51.4. The SMILES string of the molecule is C[Si](C)(C)CC(=[N-])c1ccccc1.C[Si](C)(C)CC(=[N-])c1ccccc1.C[Si](C)(C)[N-]/C(=[NH+]/[Si](C)(C)C)c1ccccc1.C[Si](C)(C)[N-]/C(=[NH+]/[Si](C)(C)C)c1ccccc1.[Mg+2].[Mg+2]. The second-order valence-electron chi connectivity index (χ2n) is 21.8. The van der Waals surface area contributed by atoms with Gasteiger partial charge >= 0.3 is 46.1 Å². The van der Waals surface area contributed by atoms with Crippen LogP contribution in [0.5, 0.6) is 0 Å². The molecule has 0 amide bonds. The van der Waals surface area contributed by atoms with Crippen LogP contribution in [0.25, 0.3) is 20.8 Å². The Morgan fingerprint density at radius 1 is 0.371 bits per heavy atom. The van der Waals surface area contributed by atoms with Gasteiger partial charge in [-0.3, -0.25) is 0 Å². The molecule has 0 aliphatic rings. The Balaban J connectivity index is 0. The third kappa shape index (κ3) is 32.6. The van der Waals surface area contributed by atoms with Gasteiger partial charge in [-0.15, -0.1) is 0 Å². The molecule has 4 rings (SSSR count). The van der Waals surface area contributed by atoms with Crippen molar-refractivity contribution in [3.8, 4) is 0 Å². The van der Waals surface area contributed by atoms with Gasteiger partial charge in [0.2, 0.25) is 0 Å². The molecule has 0 saturated carbocycles. The molecule has 0 radical (unpaired) electrons. The van der Waals surface area contributed by atoms with Crippen LogP contribution in [-0.4, -0.2) is 118 Å². The number of nitrogens with one attached hydrogen (secondary N) is 2. The minimum atomic E-state index is -1.46. The van der Waals surface area contributed by atoms with E-state index in [4.69, 9.17) is 9.96 Å². The third-order valence-electron chi connectivity index (χ3n) is 7.59. The van der Waals surface area contributed by atoms with Gasteiger partial charge in [-0.05, 0) is 50.4 Å². The fourth-order valence-electron chi connectivity index (χ4n) is 5.37. The van der Waals surface area contributed by atoms with Crippen molar-refractivity contribution in [2.45, 2.75) is 130 Å². The van der Waals surface area contributed by atoms with Gasteiger partial charge in [0.05, 0.1) is 0 Å². The Morgan fingerprint density at radius 2 is 0.581 bits per heavy atom. The largest absolute Gasteiger partial charge is 2.00 e. The van der Waals surface area contributed by atoms with Gasteiger partial charge in [-0.25, -0.2) is 0 Å². The van der Waals surface area contributed by atoms with E-state index in [1.807, 2.05) is 72.8 Å². The van der Waals surface area contributed by atoms with Crippen LogP contribution in [0.1, 0.15) is 22.3 Å². The van der Waals surface area contributed by atoms with Gasteiger partial charge in [0.15, 0.2) is 16.5 Å². The van der Waals surface area contributed by atoms with E-state index < -0.39 is 49.1 Å². The summed E-state index contributed by atoms with van der Waals surface area (Å²) >= 11 is 0. The van der Waals surface area contributed by atoms with E-state index in [0.29, 0.717) is 11.4 Å². The first-order chi connectivity index (χ1) is 27.3. The molecule has 0 aliphatic heterocycles. The monoisotopic (exact) mass is 956 g/mol. The van der Waals surface area contributed by atoms with E-state index in [0.717, 1.165) is 34.9 Å². The normalized spacial score (nSPS) is 12.2. The Hall–Kier alpha value is -2.01. The smallest absolute Gasteiger partial charge is 0.807 e. The molecule has 0 heterocycles. The van der Waals surface area contributed by atoms with Crippen LogP contribution >= 0.6 is 0 Å². The quantitative estimate of drug-likeness (QED) is 0.0803. The molecule has 0 saturated heterocycles. The molecule has 14 heteroatoms. The number of hydrogen-bond donors (Lipinski definition) is 2. The Labute approximate surface area is 418 Å². The third-order valence-corrected chi connectivity index (χ3v) is 14.1. The van der Waals surface area contributed by atoms with Gasteiger partial charge in [-0.1, -0.05) is 212 Å². The maximum atomic E-state index is 9.81. The molecule has 6 nitrogen and oxygen atoms in total. The maximum absolute atomic E-state index is 9.81. The Kier molecular flexibility index (Phi) is 28.2. The molecule has 0 atom stereocenters. The Morgan fingerprint density at radius 3 is 0.758 bits per heavy atom. The standard InChI is InChI=1S/2C13H23N2Si2.2C11H16NSi.2Mg/c2*1-16(2,3)14-13(15-17(4,5)6)12-10-8-7-9-11-12;2*1-13(2,3)9-11(12)10-7-5-4-6-8-10;;/h2*7-11H,1-6H3;2*4-8H,9H2,1-3H3;;/q4*-1;2*+2/p+2. The van der Waals surface area contributed by atoms with Crippen molar-refractivity contribution in [1.29, 1.82) is 0 Å². The summed E-state index contributed by atoms with van der Waals surface area (Å²) < 4.78 is 7.31. The van der Waals surface area contributed by atoms with Gasteiger partial charge in [0.25, 0.3) is 0 Å². The molecule has 4 aromatic rings. The van der Waals surface area contributed by atoms with Crippen molar-refractivity contribution in [3.63, 3.8) is 0 Å². The van der Waals surface area contributed by atoms with Crippen molar-refractivity contribution >= 4 is 118 Å². The van der Waals surface area contributed by atoms with Crippen LogP contribution in [0.3, 0.4) is 0 Å². The summed E-state index contributed by atoms with van der Waals surface area (Å²) in [5.74, 6) is 2.17. The summed E-state index contributed by atoms with van der Waals surface area (Å²) in [6.45, 7) is 40.9. The van der Waals surface area contributed by atoms with E-state index in [2.05, 4.69) is 176 Å². The van der Waals surface area contributed by atoms with E-state index in [1.165, 1.54) is 11.1 Å². The number of hydrogen-bond acceptors (Lipinski definition) is 0. The fourth-order valence-corrected chi connectivity index (χ4v) is 11.5. The predicted octanol–water partition coefficient (Wildman–Crippen LogP) is 11.1.